The van der Waals surface area contributed by atoms with Crippen molar-refractivity contribution in [3.8, 4) is 17.0 Å². The molecule has 4 heterocycles. The summed E-state index contributed by atoms with van der Waals surface area (Å²) in [6, 6.07) is 5.94. The second-order valence-corrected chi connectivity index (χ2v) is 10.8. The molecule has 0 aliphatic carbocycles. The van der Waals surface area contributed by atoms with Gasteiger partial charge in [0.05, 0.1) is 11.7 Å². The maximum atomic E-state index is 14.9. The van der Waals surface area contributed by atoms with Crippen LogP contribution >= 0.6 is 11.6 Å². The van der Waals surface area contributed by atoms with Gasteiger partial charge in [-0.2, -0.15) is 0 Å². The van der Waals surface area contributed by atoms with Crippen LogP contribution in [0.2, 0.25) is 5.02 Å². The Morgan fingerprint density at radius 3 is 2.70 bits per heavy atom. The van der Waals surface area contributed by atoms with Crippen LogP contribution in [-0.2, 0) is 4.79 Å². The number of rotatable bonds is 3. The molecule has 0 bridgehead atoms. The number of halogens is 2. The fourth-order valence-corrected chi connectivity index (χ4v) is 5.55. The molecule has 1 aromatic carbocycles. The maximum absolute atomic E-state index is 14.9. The van der Waals surface area contributed by atoms with Crippen LogP contribution in [0, 0.1) is 5.82 Å². The van der Waals surface area contributed by atoms with Gasteiger partial charge in [0.2, 0.25) is 5.91 Å². The summed E-state index contributed by atoms with van der Waals surface area (Å²) in [5, 5.41) is 0.101. The summed E-state index contributed by atoms with van der Waals surface area (Å²) in [4.78, 5) is 38.9. The number of ether oxygens (including phenoxy) is 1. The Kier molecular flexibility index (Phi) is 6.62. The quantitative estimate of drug-likeness (QED) is 0.571. The molecule has 5 rings (SSSR count). The van der Waals surface area contributed by atoms with E-state index in [0.29, 0.717) is 38.5 Å². The molecular weight excluding hydrogens is 497 g/mol. The van der Waals surface area contributed by atoms with Gasteiger partial charge < -0.3 is 19.4 Å². The second-order valence-electron chi connectivity index (χ2n) is 10.4. The zero-order chi connectivity index (χ0) is 26.5. The van der Waals surface area contributed by atoms with E-state index in [1.165, 1.54) is 12.1 Å². The first kappa shape index (κ1) is 25.5. The third-order valence-electron chi connectivity index (χ3n) is 7.68. The molecule has 0 radical (unpaired) electrons. The zero-order valence-corrected chi connectivity index (χ0v) is 22.1. The highest BCUT2D eigenvalue weighted by Crippen LogP contribution is 2.44. The number of hydrogen-bond donors (Lipinski definition) is 0. The van der Waals surface area contributed by atoms with Crippen molar-refractivity contribution in [2.24, 2.45) is 0 Å². The minimum Gasteiger partial charge on any atom is -0.489 e. The Bertz CT molecular complexity index is 1270. The lowest BCUT2D eigenvalue weighted by Crippen LogP contribution is -2.59. The minimum atomic E-state index is -0.461. The molecule has 37 heavy (non-hydrogen) atoms. The van der Waals surface area contributed by atoms with E-state index < -0.39 is 5.82 Å². The van der Waals surface area contributed by atoms with Crippen molar-refractivity contribution in [2.45, 2.75) is 25.4 Å². The highest BCUT2D eigenvalue weighted by molar-refractivity contribution is 6.35. The Morgan fingerprint density at radius 2 is 2.00 bits per heavy atom. The van der Waals surface area contributed by atoms with Gasteiger partial charge in [-0.15, -0.1) is 0 Å². The molecule has 3 aliphatic rings. The first-order valence-corrected chi connectivity index (χ1v) is 12.8. The van der Waals surface area contributed by atoms with Gasteiger partial charge in [0.15, 0.2) is 5.75 Å². The molecule has 0 spiro atoms. The van der Waals surface area contributed by atoms with Crippen molar-refractivity contribution in [3.05, 3.63) is 53.3 Å². The smallest absolute Gasteiger partial charge is 0.261 e. The number of carbonyl (C=O) groups is 2. The predicted octanol–water partition coefficient (Wildman–Crippen LogP) is 3.30. The summed E-state index contributed by atoms with van der Waals surface area (Å²) in [5.41, 5.74) is 0.585. The monoisotopic (exact) mass is 527 g/mol. The Balaban J connectivity index is 1.64. The van der Waals surface area contributed by atoms with E-state index in [1.54, 1.807) is 28.0 Å². The molecule has 2 amide bonds. The van der Waals surface area contributed by atoms with Crippen LogP contribution < -0.4 is 9.64 Å². The number of pyridine rings is 1. The number of amides is 2. The molecule has 0 saturated carbocycles. The van der Waals surface area contributed by atoms with Gasteiger partial charge in [-0.25, -0.2) is 9.37 Å². The molecule has 0 N–H and O–H groups in total. The SMILES string of the molecule is C=CC(=O)N1CCN2C(=O)c3c(N4CCN(C)C(C)(C)C4)nc(-c4ccccc4F)c(Cl)c3OC[C@H]2C1. The summed E-state index contributed by atoms with van der Waals surface area (Å²) in [6.07, 6.45) is 1.28. The maximum Gasteiger partial charge on any atom is 0.261 e. The van der Waals surface area contributed by atoms with Crippen molar-refractivity contribution in [1.29, 1.82) is 0 Å². The fourth-order valence-electron chi connectivity index (χ4n) is 5.26. The van der Waals surface area contributed by atoms with Gasteiger partial charge in [0.1, 0.15) is 28.8 Å². The van der Waals surface area contributed by atoms with E-state index >= 15 is 0 Å². The summed E-state index contributed by atoms with van der Waals surface area (Å²) in [7, 11) is 2.07. The second kappa shape index (κ2) is 9.61. The topological polar surface area (TPSA) is 69.2 Å². The van der Waals surface area contributed by atoms with Crippen LogP contribution in [0.15, 0.2) is 36.9 Å². The van der Waals surface area contributed by atoms with Crippen LogP contribution in [0.4, 0.5) is 10.2 Å². The number of hydrogen-bond acceptors (Lipinski definition) is 6. The third-order valence-corrected chi connectivity index (χ3v) is 8.04. The van der Waals surface area contributed by atoms with Crippen molar-refractivity contribution in [1.82, 2.24) is 19.7 Å². The highest BCUT2D eigenvalue weighted by Gasteiger charge is 2.42. The van der Waals surface area contributed by atoms with E-state index in [2.05, 4.69) is 37.3 Å². The lowest BCUT2D eigenvalue weighted by Gasteiger charge is -2.46. The lowest BCUT2D eigenvalue weighted by molar-refractivity contribution is -0.128. The van der Waals surface area contributed by atoms with Gasteiger partial charge in [-0.3, -0.25) is 14.5 Å². The van der Waals surface area contributed by atoms with Crippen LogP contribution in [0.5, 0.6) is 5.75 Å². The van der Waals surface area contributed by atoms with Crippen molar-refractivity contribution >= 4 is 29.2 Å². The first-order chi connectivity index (χ1) is 17.6. The standard InChI is InChI=1S/C27H31ClFN5O3/c1-5-20(35)32-12-13-34-17(14-32)15-37-24-21(26(34)36)25(33-11-10-31(4)27(2,3)16-33)30-23(22(24)28)18-8-6-7-9-19(18)29/h5-9,17H,1,10-16H2,2-4H3/t17-/m1/s1. The van der Waals surface area contributed by atoms with E-state index in [0.717, 1.165) is 6.54 Å². The number of piperazine rings is 2. The molecular formula is C27H31ClFN5O3. The molecule has 1 aromatic heterocycles. The molecule has 8 nitrogen and oxygen atoms in total. The minimum absolute atomic E-state index is 0.101. The van der Waals surface area contributed by atoms with Crippen molar-refractivity contribution < 1.29 is 18.7 Å². The van der Waals surface area contributed by atoms with Crippen LogP contribution in [0.3, 0.4) is 0 Å². The molecule has 0 unspecified atom stereocenters. The number of nitrogens with zero attached hydrogens (tertiary/aromatic N) is 5. The molecule has 2 saturated heterocycles. The fraction of sp³-hybridized carbons (Fsp3) is 0.444. The third kappa shape index (κ3) is 4.44. The first-order valence-electron chi connectivity index (χ1n) is 12.4. The van der Waals surface area contributed by atoms with Gasteiger partial charge in [-0.1, -0.05) is 30.3 Å². The molecule has 3 aliphatic heterocycles. The molecule has 2 aromatic rings. The van der Waals surface area contributed by atoms with E-state index in [1.807, 2.05) is 0 Å². The lowest BCUT2D eigenvalue weighted by atomic mass is 9.98. The number of likely N-dealkylation sites (N-methyl/N-ethyl adjacent to an activating group) is 1. The number of benzene rings is 1. The molecule has 196 valence electrons. The van der Waals surface area contributed by atoms with Gasteiger partial charge in [0.25, 0.3) is 5.91 Å². The average molecular weight is 528 g/mol. The summed E-state index contributed by atoms with van der Waals surface area (Å²) in [6.45, 7) is 11.1. The summed E-state index contributed by atoms with van der Waals surface area (Å²) in [5.74, 6) is -0.241. The Morgan fingerprint density at radius 1 is 1.24 bits per heavy atom. The molecule has 10 heteroatoms. The van der Waals surface area contributed by atoms with E-state index in [9.17, 15) is 14.0 Å². The number of aromatic nitrogens is 1. The Hall–Kier alpha value is -3.17. The normalized spacial score (nSPS) is 21.6. The summed E-state index contributed by atoms with van der Waals surface area (Å²) >= 11 is 6.83. The van der Waals surface area contributed by atoms with Gasteiger partial charge in [0, 0.05) is 50.4 Å². The van der Waals surface area contributed by atoms with Crippen molar-refractivity contribution in [3.63, 3.8) is 0 Å². The Labute approximate surface area is 221 Å². The molecule has 2 fully saturated rings. The van der Waals surface area contributed by atoms with Crippen LogP contribution in [0.1, 0.15) is 24.2 Å². The van der Waals surface area contributed by atoms with Gasteiger partial charge >= 0.3 is 0 Å². The van der Waals surface area contributed by atoms with Gasteiger partial charge in [-0.05, 0) is 39.1 Å². The number of carbonyl (C=O) groups excluding carboxylic acids is 2. The highest BCUT2D eigenvalue weighted by atomic mass is 35.5. The number of fused-ring (bicyclic) bond motifs is 2. The van der Waals surface area contributed by atoms with Crippen LogP contribution in [-0.4, -0.2) is 96.0 Å². The van der Waals surface area contributed by atoms with E-state index in [-0.39, 0.29) is 57.6 Å². The van der Waals surface area contributed by atoms with E-state index in [4.69, 9.17) is 21.3 Å². The zero-order valence-electron chi connectivity index (χ0n) is 21.3. The molecule has 1 atom stereocenters. The number of anilines is 1. The van der Waals surface area contributed by atoms with Crippen LogP contribution in [0.25, 0.3) is 11.3 Å². The predicted molar refractivity (Wildman–Crippen MR) is 141 cm³/mol. The summed E-state index contributed by atoms with van der Waals surface area (Å²) < 4.78 is 21.1. The van der Waals surface area contributed by atoms with Crippen molar-refractivity contribution in [2.75, 3.05) is 57.8 Å². The largest absolute Gasteiger partial charge is 0.489 e. The average Bonchev–Trinajstić information content (AvgIpc) is 3.03.